The van der Waals surface area contributed by atoms with E-state index in [2.05, 4.69) is 15.2 Å². The van der Waals surface area contributed by atoms with E-state index in [-0.39, 0.29) is 11.2 Å². The highest BCUT2D eigenvalue weighted by molar-refractivity contribution is 5.90. The largest absolute Gasteiger partial charge is 0.320 e. The van der Waals surface area contributed by atoms with Gasteiger partial charge in [-0.05, 0) is 13.0 Å². The van der Waals surface area contributed by atoms with Crippen molar-refractivity contribution in [3.63, 3.8) is 0 Å². The van der Waals surface area contributed by atoms with Crippen molar-refractivity contribution in [3.8, 4) is 11.3 Å². The zero-order valence-electron chi connectivity index (χ0n) is 11.0. The fourth-order valence-corrected chi connectivity index (χ4v) is 2.14. The molecule has 104 valence electrons. The molecule has 0 saturated carbocycles. The van der Waals surface area contributed by atoms with Crippen LogP contribution in [0.3, 0.4) is 0 Å². The van der Waals surface area contributed by atoms with Crippen LogP contribution in [-0.4, -0.2) is 20.1 Å². The van der Waals surface area contributed by atoms with E-state index in [1.54, 1.807) is 25.1 Å². The minimum Gasteiger partial charge on any atom is -0.320 e. The number of benzene rings is 1. The lowest BCUT2D eigenvalue weighted by atomic mass is 10.1. The Balaban J connectivity index is 2.30. The maximum absolute atomic E-state index is 11.5. The van der Waals surface area contributed by atoms with Crippen LogP contribution in [0.2, 0.25) is 0 Å². The van der Waals surface area contributed by atoms with Crippen molar-refractivity contribution < 1.29 is 4.92 Å². The van der Waals surface area contributed by atoms with Gasteiger partial charge in [0.05, 0.1) is 16.6 Å². The Labute approximate surface area is 118 Å². The molecule has 0 unspecified atom stereocenters. The lowest BCUT2D eigenvalue weighted by molar-refractivity contribution is -0.385. The Morgan fingerprint density at radius 1 is 1.24 bits per heavy atom. The monoisotopic (exact) mass is 282 g/mol. The summed E-state index contributed by atoms with van der Waals surface area (Å²) in [4.78, 5) is 24.8. The van der Waals surface area contributed by atoms with Gasteiger partial charge in [0.1, 0.15) is 5.69 Å². The van der Waals surface area contributed by atoms with E-state index in [0.717, 1.165) is 0 Å². The van der Waals surface area contributed by atoms with E-state index in [9.17, 15) is 14.9 Å². The SMILES string of the molecule is Cc1ccc(-c2nncc3ccc(=O)[nH]c23)cc1[N+](=O)[O-]. The van der Waals surface area contributed by atoms with Gasteiger partial charge in [-0.25, -0.2) is 0 Å². The number of nitro groups is 1. The number of aromatic amines is 1. The van der Waals surface area contributed by atoms with E-state index < -0.39 is 4.92 Å². The third-order valence-electron chi connectivity index (χ3n) is 3.22. The fourth-order valence-electron chi connectivity index (χ4n) is 2.14. The number of pyridine rings is 1. The van der Waals surface area contributed by atoms with Gasteiger partial charge in [-0.3, -0.25) is 14.9 Å². The van der Waals surface area contributed by atoms with Crippen LogP contribution in [0.25, 0.3) is 22.2 Å². The standard InChI is InChI=1S/C14H10N4O3/c1-8-2-3-9(6-11(8)18(20)21)14-13-10(7-15-17-14)4-5-12(19)16-13/h2-7H,1H3,(H,16,19). The van der Waals surface area contributed by atoms with Crippen molar-refractivity contribution in [2.45, 2.75) is 6.92 Å². The van der Waals surface area contributed by atoms with Gasteiger partial charge in [0.15, 0.2) is 0 Å². The highest BCUT2D eigenvalue weighted by atomic mass is 16.6. The third kappa shape index (κ3) is 2.25. The zero-order chi connectivity index (χ0) is 15.0. The molecule has 1 aromatic carbocycles. The van der Waals surface area contributed by atoms with Crippen LogP contribution >= 0.6 is 0 Å². The van der Waals surface area contributed by atoms with Crippen molar-refractivity contribution in [1.82, 2.24) is 15.2 Å². The minimum atomic E-state index is -0.444. The van der Waals surface area contributed by atoms with Crippen LogP contribution in [-0.2, 0) is 0 Å². The molecule has 2 aromatic heterocycles. The topological polar surface area (TPSA) is 102 Å². The third-order valence-corrected chi connectivity index (χ3v) is 3.22. The van der Waals surface area contributed by atoms with Gasteiger partial charge in [0, 0.05) is 28.6 Å². The molecule has 0 spiro atoms. The van der Waals surface area contributed by atoms with Crippen LogP contribution < -0.4 is 5.56 Å². The number of aromatic nitrogens is 3. The fraction of sp³-hybridized carbons (Fsp3) is 0.0714. The van der Waals surface area contributed by atoms with E-state index >= 15 is 0 Å². The van der Waals surface area contributed by atoms with Crippen molar-refractivity contribution in [1.29, 1.82) is 0 Å². The number of rotatable bonds is 2. The molecule has 21 heavy (non-hydrogen) atoms. The van der Waals surface area contributed by atoms with E-state index in [1.165, 1.54) is 18.3 Å². The van der Waals surface area contributed by atoms with Crippen molar-refractivity contribution in [3.05, 3.63) is 62.6 Å². The summed E-state index contributed by atoms with van der Waals surface area (Å²) in [5.41, 5.74) is 1.75. The molecule has 0 aliphatic carbocycles. The summed E-state index contributed by atoms with van der Waals surface area (Å²) in [6.45, 7) is 1.67. The van der Waals surface area contributed by atoms with E-state index in [4.69, 9.17) is 0 Å². The number of nitrogens with one attached hydrogen (secondary N) is 1. The molecule has 0 amide bonds. The van der Waals surface area contributed by atoms with Gasteiger partial charge in [-0.1, -0.05) is 12.1 Å². The molecule has 0 aliphatic rings. The van der Waals surface area contributed by atoms with Crippen LogP contribution in [0.15, 0.2) is 41.3 Å². The first-order valence-corrected chi connectivity index (χ1v) is 6.16. The van der Waals surface area contributed by atoms with Gasteiger partial charge in [-0.2, -0.15) is 5.10 Å². The van der Waals surface area contributed by atoms with Crippen LogP contribution in [0.5, 0.6) is 0 Å². The summed E-state index contributed by atoms with van der Waals surface area (Å²) in [7, 11) is 0. The van der Waals surface area contributed by atoms with Gasteiger partial charge < -0.3 is 4.98 Å². The first-order valence-electron chi connectivity index (χ1n) is 6.16. The zero-order valence-corrected chi connectivity index (χ0v) is 11.0. The number of nitro benzene ring substituents is 1. The summed E-state index contributed by atoms with van der Waals surface area (Å²) >= 11 is 0. The molecule has 0 radical (unpaired) electrons. The van der Waals surface area contributed by atoms with Gasteiger partial charge in [-0.15, -0.1) is 5.10 Å². The first-order chi connectivity index (χ1) is 10.1. The maximum Gasteiger partial charge on any atom is 0.272 e. The average molecular weight is 282 g/mol. The second kappa shape index (κ2) is 4.78. The second-order valence-electron chi connectivity index (χ2n) is 4.60. The first kappa shape index (κ1) is 12.9. The number of hydrogen-bond donors (Lipinski definition) is 1. The smallest absolute Gasteiger partial charge is 0.272 e. The maximum atomic E-state index is 11.5. The van der Waals surface area contributed by atoms with Gasteiger partial charge in [0.2, 0.25) is 5.56 Å². The molecule has 7 nitrogen and oxygen atoms in total. The summed E-state index contributed by atoms with van der Waals surface area (Å²) in [5.74, 6) is 0. The summed E-state index contributed by atoms with van der Waals surface area (Å²) in [5, 5.41) is 19.6. The number of nitrogens with zero attached hydrogens (tertiary/aromatic N) is 3. The van der Waals surface area contributed by atoms with Crippen molar-refractivity contribution >= 4 is 16.6 Å². The number of fused-ring (bicyclic) bond motifs is 1. The molecule has 0 bridgehead atoms. The highest BCUT2D eigenvalue weighted by Gasteiger charge is 2.14. The van der Waals surface area contributed by atoms with Gasteiger partial charge in [0.25, 0.3) is 5.69 Å². The molecule has 0 aliphatic heterocycles. The quantitative estimate of drug-likeness (QED) is 0.573. The number of H-pyrrole nitrogens is 1. The predicted octanol–water partition coefficient (Wildman–Crippen LogP) is 2.20. The summed E-state index contributed by atoms with van der Waals surface area (Å²) in [6, 6.07) is 7.83. The molecule has 0 atom stereocenters. The molecule has 1 N–H and O–H groups in total. The minimum absolute atomic E-state index is 0.00424. The number of hydrogen-bond acceptors (Lipinski definition) is 5. The Morgan fingerprint density at radius 3 is 2.81 bits per heavy atom. The molecule has 0 saturated heterocycles. The Morgan fingerprint density at radius 2 is 2.05 bits per heavy atom. The lowest BCUT2D eigenvalue weighted by Crippen LogP contribution is -2.04. The van der Waals surface area contributed by atoms with Gasteiger partial charge >= 0.3 is 0 Å². The second-order valence-corrected chi connectivity index (χ2v) is 4.60. The predicted molar refractivity (Wildman–Crippen MR) is 77.0 cm³/mol. The molecule has 7 heteroatoms. The summed E-state index contributed by atoms with van der Waals surface area (Å²) < 4.78 is 0. The average Bonchev–Trinajstić information content (AvgIpc) is 2.47. The Hall–Kier alpha value is -3.09. The molecular formula is C14H10N4O3. The molecule has 3 rings (SSSR count). The van der Waals surface area contributed by atoms with E-state index in [1.807, 2.05) is 0 Å². The van der Waals surface area contributed by atoms with E-state index in [0.29, 0.717) is 27.7 Å². The Kier molecular flexibility index (Phi) is 2.94. The van der Waals surface area contributed by atoms with Crippen LogP contribution in [0, 0.1) is 17.0 Å². The Bertz CT molecular complexity index is 917. The normalized spacial score (nSPS) is 10.7. The lowest BCUT2D eigenvalue weighted by Gasteiger charge is -2.05. The van der Waals surface area contributed by atoms with Crippen molar-refractivity contribution in [2.24, 2.45) is 0 Å². The summed E-state index contributed by atoms with van der Waals surface area (Å²) in [6.07, 6.45) is 1.53. The van der Waals surface area contributed by atoms with Crippen LogP contribution in [0.1, 0.15) is 5.56 Å². The van der Waals surface area contributed by atoms with Crippen molar-refractivity contribution in [2.75, 3.05) is 0 Å². The highest BCUT2D eigenvalue weighted by Crippen LogP contribution is 2.28. The molecular weight excluding hydrogens is 272 g/mol. The number of aryl methyl sites for hydroxylation is 1. The molecule has 0 fully saturated rings. The molecule has 2 heterocycles. The molecule has 3 aromatic rings. The van der Waals surface area contributed by atoms with Crippen LogP contribution in [0.4, 0.5) is 5.69 Å².